The van der Waals surface area contributed by atoms with Gasteiger partial charge < -0.3 is 20.6 Å². The molecule has 238 valence electrons. The van der Waals surface area contributed by atoms with Gasteiger partial charge in [-0.25, -0.2) is 14.8 Å². The number of aryl methyl sites for hydroxylation is 1. The molecule has 3 aromatic heterocycles. The van der Waals surface area contributed by atoms with Crippen molar-refractivity contribution in [2.75, 3.05) is 28.2 Å². The first kappa shape index (κ1) is 31.0. The first-order valence-electron chi connectivity index (χ1n) is 16.0. The van der Waals surface area contributed by atoms with Crippen molar-refractivity contribution in [2.45, 2.75) is 69.7 Å². The average molecular weight is 621 g/mol. The summed E-state index contributed by atoms with van der Waals surface area (Å²) in [5.74, 6) is 1.72. The van der Waals surface area contributed by atoms with E-state index in [2.05, 4.69) is 31.7 Å². The number of aromatic nitrogens is 5. The number of carbonyl (C=O) groups is 1. The molecule has 2 amide bonds. The third-order valence-electron chi connectivity index (χ3n) is 8.82. The van der Waals surface area contributed by atoms with E-state index >= 15 is 0 Å². The number of nitriles is 1. The van der Waals surface area contributed by atoms with Crippen molar-refractivity contribution in [3.05, 3.63) is 78.4 Å². The molecule has 12 heteroatoms. The molecule has 2 fully saturated rings. The van der Waals surface area contributed by atoms with Gasteiger partial charge in [0, 0.05) is 62.3 Å². The summed E-state index contributed by atoms with van der Waals surface area (Å²) in [6, 6.07) is 15.9. The SMILES string of the molecule is Cn1cc(-c2ccc(N(C(=O)NCc3ccccc3)[C@H]3CC[C@H](Nc4ncc(C#N)c(N5CCCC(O)CC5)n4)CC3)nc2)cn1. The number of hydrogen-bond acceptors (Lipinski definition) is 9. The van der Waals surface area contributed by atoms with E-state index in [9.17, 15) is 15.2 Å². The lowest BCUT2D eigenvalue weighted by Crippen LogP contribution is -2.49. The third kappa shape index (κ3) is 7.43. The fourth-order valence-electron chi connectivity index (χ4n) is 6.30. The summed E-state index contributed by atoms with van der Waals surface area (Å²) >= 11 is 0. The first-order chi connectivity index (χ1) is 22.5. The zero-order valence-electron chi connectivity index (χ0n) is 26.1. The van der Waals surface area contributed by atoms with Crippen LogP contribution in [0.3, 0.4) is 0 Å². The highest BCUT2D eigenvalue weighted by Crippen LogP contribution is 2.30. The lowest BCUT2D eigenvalue weighted by molar-refractivity contribution is 0.161. The third-order valence-corrected chi connectivity index (χ3v) is 8.82. The van der Waals surface area contributed by atoms with Gasteiger partial charge in [0.1, 0.15) is 17.5 Å². The largest absolute Gasteiger partial charge is 0.393 e. The zero-order valence-corrected chi connectivity index (χ0v) is 26.1. The van der Waals surface area contributed by atoms with E-state index in [4.69, 9.17) is 9.97 Å². The molecular formula is C34H40N10O2. The Morgan fingerprint density at radius 3 is 2.54 bits per heavy atom. The van der Waals surface area contributed by atoms with Crippen LogP contribution in [0.25, 0.3) is 11.1 Å². The lowest BCUT2D eigenvalue weighted by atomic mass is 9.90. The van der Waals surface area contributed by atoms with Gasteiger partial charge in [0.2, 0.25) is 5.95 Å². The van der Waals surface area contributed by atoms with Crippen molar-refractivity contribution in [3.63, 3.8) is 0 Å². The van der Waals surface area contributed by atoms with Crippen molar-refractivity contribution >= 4 is 23.6 Å². The maximum absolute atomic E-state index is 13.7. The Balaban J connectivity index is 1.14. The van der Waals surface area contributed by atoms with Crippen LogP contribution in [0, 0.1) is 11.3 Å². The number of aliphatic hydroxyl groups excluding tert-OH is 1. The maximum Gasteiger partial charge on any atom is 0.323 e. The van der Waals surface area contributed by atoms with E-state index in [1.54, 1.807) is 28.2 Å². The molecule has 2 aliphatic rings. The van der Waals surface area contributed by atoms with Crippen LogP contribution >= 0.6 is 0 Å². The number of benzene rings is 1. The number of nitrogens with zero attached hydrogens (tertiary/aromatic N) is 8. The molecule has 6 rings (SSSR count). The lowest BCUT2D eigenvalue weighted by Gasteiger charge is -2.36. The van der Waals surface area contributed by atoms with Crippen molar-refractivity contribution in [1.82, 2.24) is 30.0 Å². The number of amides is 2. The second-order valence-electron chi connectivity index (χ2n) is 12.1. The standard InChI is InChI=1S/C34H40N10O2/c1-42-23-27(22-39-42)25-9-14-31(36-20-25)44(34(46)38-19-24-6-3-2-4-7-24)29-12-10-28(11-13-29)40-33-37-21-26(18-35)32(41-33)43-16-5-8-30(45)15-17-43/h2-4,6-7,9,14,20-23,28-30,45H,5,8,10-13,15-17,19H2,1H3,(H,38,46)(H,37,40,41)/t28-,29-,30?. The number of aliphatic hydroxyl groups is 1. The van der Waals surface area contributed by atoms with Crippen molar-refractivity contribution in [1.29, 1.82) is 5.26 Å². The van der Waals surface area contributed by atoms with Crippen molar-refractivity contribution < 1.29 is 9.90 Å². The molecule has 1 saturated heterocycles. The number of carbonyl (C=O) groups excluding carboxylic acids is 1. The molecule has 0 spiro atoms. The Hall–Kier alpha value is -5.02. The molecule has 3 N–H and O–H groups in total. The van der Waals surface area contributed by atoms with Gasteiger partial charge in [-0.1, -0.05) is 30.3 Å². The second-order valence-corrected chi connectivity index (χ2v) is 12.1. The van der Waals surface area contributed by atoms with Crippen LogP contribution in [0.4, 0.5) is 22.4 Å². The molecule has 12 nitrogen and oxygen atoms in total. The van der Waals surface area contributed by atoms with E-state index in [1.165, 1.54) is 0 Å². The maximum atomic E-state index is 13.7. The summed E-state index contributed by atoms with van der Waals surface area (Å²) in [6.45, 7) is 1.82. The van der Waals surface area contributed by atoms with Gasteiger partial charge in [0.15, 0.2) is 5.82 Å². The van der Waals surface area contributed by atoms with Gasteiger partial charge in [0.05, 0.1) is 18.5 Å². The molecule has 0 radical (unpaired) electrons. The molecular weight excluding hydrogens is 580 g/mol. The molecule has 1 saturated carbocycles. The molecule has 1 unspecified atom stereocenters. The van der Waals surface area contributed by atoms with Crippen LogP contribution in [0.2, 0.25) is 0 Å². The highest BCUT2D eigenvalue weighted by molar-refractivity contribution is 5.91. The fourth-order valence-corrected chi connectivity index (χ4v) is 6.30. The highest BCUT2D eigenvalue weighted by Gasteiger charge is 2.31. The van der Waals surface area contributed by atoms with E-state index in [0.717, 1.165) is 61.8 Å². The van der Waals surface area contributed by atoms with Gasteiger partial charge >= 0.3 is 6.03 Å². The van der Waals surface area contributed by atoms with E-state index in [-0.39, 0.29) is 24.2 Å². The molecule has 0 bridgehead atoms. The molecule has 1 atom stereocenters. The van der Waals surface area contributed by atoms with Crippen LogP contribution in [0.1, 0.15) is 56.1 Å². The number of pyridine rings is 1. The summed E-state index contributed by atoms with van der Waals surface area (Å²) in [7, 11) is 1.88. The van der Waals surface area contributed by atoms with Gasteiger partial charge in [-0.3, -0.25) is 9.58 Å². The predicted molar refractivity (Wildman–Crippen MR) is 176 cm³/mol. The van der Waals surface area contributed by atoms with E-state index in [0.29, 0.717) is 42.7 Å². The molecule has 4 aromatic rings. The summed E-state index contributed by atoms with van der Waals surface area (Å²) in [6.07, 6.45) is 12.2. The summed E-state index contributed by atoms with van der Waals surface area (Å²) in [5.41, 5.74) is 3.37. The minimum absolute atomic E-state index is 0.0356. The van der Waals surface area contributed by atoms with E-state index in [1.807, 2.05) is 55.7 Å². The van der Waals surface area contributed by atoms with Crippen LogP contribution in [0.15, 0.2) is 67.3 Å². The number of hydrogen-bond donors (Lipinski definition) is 3. The van der Waals surface area contributed by atoms with E-state index < -0.39 is 0 Å². The quantitative estimate of drug-likeness (QED) is 0.256. The Kier molecular flexibility index (Phi) is 9.69. The second kappa shape index (κ2) is 14.4. The zero-order chi connectivity index (χ0) is 31.9. The van der Waals surface area contributed by atoms with Gasteiger partial charge in [-0.15, -0.1) is 0 Å². The number of anilines is 3. The molecule has 1 aromatic carbocycles. The highest BCUT2D eigenvalue weighted by atomic mass is 16.3. The number of urea groups is 1. The minimum Gasteiger partial charge on any atom is -0.393 e. The Morgan fingerprint density at radius 1 is 1.00 bits per heavy atom. The predicted octanol–water partition coefficient (Wildman–Crippen LogP) is 4.63. The van der Waals surface area contributed by atoms with Crippen LogP contribution < -0.4 is 20.4 Å². The normalized spacial score (nSPS) is 19.9. The molecule has 1 aliphatic heterocycles. The Labute approximate surface area is 269 Å². The average Bonchev–Trinajstić information content (AvgIpc) is 3.41. The summed E-state index contributed by atoms with van der Waals surface area (Å²) in [4.78, 5) is 31.5. The summed E-state index contributed by atoms with van der Waals surface area (Å²) < 4.78 is 1.75. The Morgan fingerprint density at radius 2 is 1.83 bits per heavy atom. The molecule has 4 heterocycles. The number of nitrogens with one attached hydrogen (secondary N) is 2. The van der Waals surface area contributed by atoms with Gasteiger partial charge in [0.25, 0.3) is 0 Å². The van der Waals surface area contributed by atoms with Gasteiger partial charge in [-0.05, 0) is 62.6 Å². The van der Waals surface area contributed by atoms with Gasteiger partial charge in [-0.2, -0.15) is 15.3 Å². The minimum atomic E-state index is -0.320. The topological polar surface area (TPSA) is 148 Å². The van der Waals surface area contributed by atoms with Crippen LogP contribution in [-0.4, -0.2) is 67.1 Å². The van der Waals surface area contributed by atoms with Crippen LogP contribution in [-0.2, 0) is 13.6 Å². The van der Waals surface area contributed by atoms with Crippen molar-refractivity contribution in [3.8, 4) is 17.2 Å². The summed E-state index contributed by atoms with van der Waals surface area (Å²) in [5, 5.41) is 30.6. The first-order valence-corrected chi connectivity index (χ1v) is 16.0. The monoisotopic (exact) mass is 620 g/mol. The number of rotatable bonds is 8. The Bertz CT molecular complexity index is 1640. The smallest absolute Gasteiger partial charge is 0.323 e. The molecule has 46 heavy (non-hydrogen) atoms. The van der Waals surface area contributed by atoms with Crippen molar-refractivity contribution in [2.24, 2.45) is 7.05 Å². The fraction of sp³-hybridized carbons (Fsp3) is 0.412. The molecule has 1 aliphatic carbocycles. The van der Waals surface area contributed by atoms with Crippen LogP contribution in [0.5, 0.6) is 0 Å².